The van der Waals surface area contributed by atoms with Gasteiger partial charge in [0.15, 0.2) is 24.8 Å². The number of ether oxygens (including phenoxy) is 8. The Hall–Kier alpha value is -2.03. The number of methoxy groups -OCH3 is 1. The summed E-state index contributed by atoms with van der Waals surface area (Å²) in [5, 5.41) is 47.3. The number of esters is 3. The van der Waals surface area contributed by atoms with Crippen molar-refractivity contribution in [3.63, 3.8) is 0 Å². The standard InChI is InChI=1S/C45H82N2O15/c1-18-32-45(13,54)36(48)28(8)47(16)22-24(4)20-43(11,53)38(26(6)34(27(7)40(51)59-32)60-33-21-44(12,55-17)37(49)29(9)57-33)62-42-35(31(46(14)15)19-25(5)56-42)61-41(52)30(10)58-39(50)23(2)3/h23-38,42,48-49,53-54H,18-22H2,1-17H3/t24-,25-,26+,27-,28-,29+,30+,31+,32-,33+,34+,35-,36-,37+,38-,42+,43-,44-,45-/m1/s1. The van der Waals surface area contributed by atoms with Crippen LogP contribution in [0.5, 0.6) is 0 Å². The van der Waals surface area contributed by atoms with Gasteiger partial charge < -0.3 is 68.1 Å². The van der Waals surface area contributed by atoms with E-state index < -0.39 is 132 Å². The molecule has 3 rings (SSSR count). The topological polar surface area (TPSA) is 212 Å². The highest BCUT2D eigenvalue weighted by atomic mass is 16.7. The maximum Gasteiger partial charge on any atom is 0.347 e. The fourth-order valence-corrected chi connectivity index (χ4v) is 9.44. The molecule has 362 valence electrons. The van der Waals surface area contributed by atoms with E-state index in [0.29, 0.717) is 13.0 Å². The number of nitrogens with zero attached hydrogens (tertiary/aromatic N) is 2. The second-order valence-corrected chi connectivity index (χ2v) is 19.8. The van der Waals surface area contributed by atoms with Crippen LogP contribution in [-0.2, 0) is 52.3 Å². The van der Waals surface area contributed by atoms with Gasteiger partial charge in [-0.05, 0) is 102 Å². The van der Waals surface area contributed by atoms with Gasteiger partial charge in [-0.25, -0.2) is 4.79 Å². The number of carbonyl (C=O) groups is 3. The summed E-state index contributed by atoms with van der Waals surface area (Å²) in [4.78, 5) is 44.4. The third-order valence-electron chi connectivity index (χ3n) is 13.5. The first-order valence-electron chi connectivity index (χ1n) is 22.5. The van der Waals surface area contributed by atoms with Crippen molar-refractivity contribution in [3.8, 4) is 0 Å². The number of carbonyl (C=O) groups excluding carboxylic acids is 3. The van der Waals surface area contributed by atoms with Gasteiger partial charge in [0.1, 0.15) is 23.9 Å². The highest BCUT2D eigenvalue weighted by Gasteiger charge is 2.53. The van der Waals surface area contributed by atoms with Gasteiger partial charge in [0.25, 0.3) is 0 Å². The van der Waals surface area contributed by atoms with Crippen molar-refractivity contribution in [2.24, 2.45) is 23.7 Å². The molecule has 17 heteroatoms. The van der Waals surface area contributed by atoms with Gasteiger partial charge >= 0.3 is 17.9 Å². The first-order chi connectivity index (χ1) is 28.5. The van der Waals surface area contributed by atoms with Crippen molar-refractivity contribution < 1.29 is 72.7 Å². The average molecular weight is 891 g/mol. The van der Waals surface area contributed by atoms with E-state index in [1.54, 1.807) is 62.3 Å². The Labute approximate surface area is 370 Å². The number of aliphatic hydroxyl groups excluding tert-OH is 2. The molecule has 0 saturated carbocycles. The van der Waals surface area contributed by atoms with E-state index in [4.69, 9.17) is 37.9 Å². The summed E-state index contributed by atoms with van der Waals surface area (Å²) >= 11 is 0. The van der Waals surface area contributed by atoms with E-state index >= 15 is 0 Å². The predicted molar refractivity (Wildman–Crippen MR) is 228 cm³/mol. The Balaban J connectivity index is 2.24. The van der Waals surface area contributed by atoms with Crippen LogP contribution in [0.1, 0.15) is 116 Å². The Kier molecular flexibility index (Phi) is 19.2. The summed E-state index contributed by atoms with van der Waals surface area (Å²) in [6, 6.07) is -1.03. The van der Waals surface area contributed by atoms with Gasteiger partial charge in [-0.1, -0.05) is 34.6 Å². The zero-order chi connectivity index (χ0) is 47.4. The molecule has 3 fully saturated rings. The number of rotatable bonds is 11. The van der Waals surface area contributed by atoms with Crippen molar-refractivity contribution in [3.05, 3.63) is 0 Å². The summed E-state index contributed by atoms with van der Waals surface area (Å²) in [6.45, 7) is 22.4. The molecule has 0 aromatic rings. The van der Waals surface area contributed by atoms with Crippen molar-refractivity contribution >= 4 is 17.9 Å². The highest BCUT2D eigenvalue weighted by Crippen LogP contribution is 2.40. The molecule has 3 heterocycles. The van der Waals surface area contributed by atoms with Crippen LogP contribution in [0.25, 0.3) is 0 Å². The van der Waals surface area contributed by atoms with Crippen LogP contribution in [-0.4, -0.2) is 179 Å². The third kappa shape index (κ3) is 12.9. The molecule has 0 radical (unpaired) electrons. The molecule has 19 atom stereocenters. The summed E-state index contributed by atoms with van der Waals surface area (Å²) in [6.07, 6.45) is -10.6. The van der Waals surface area contributed by atoms with Crippen LogP contribution in [0.4, 0.5) is 0 Å². The van der Waals surface area contributed by atoms with Gasteiger partial charge in [-0.2, -0.15) is 0 Å². The van der Waals surface area contributed by atoms with Crippen LogP contribution in [0, 0.1) is 23.7 Å². The van der Waals surface area contributed by atoms with Crippen molar-refractivity contribution in [2.45, 2.75) is 212 Å². The lowest BCUT2D eigenvalue weighted by molar-refractivity contribution is -0.319. The minimum absolute atomic E-state index is 0.0764. The molecule has 0 aliphatic carbocycles. The SMILES string of the molecule is CC[C@H]1OC(=O)[C@H](C)[C@@H](O[C@H]2C[C@@](C)(OC)[C@@H](O)[C@H](C)O2)[C@H](C)[C@@H](O[C@@H]2O[C@H](C)C[C@H](N(C)C)[C@H]2OC(=O)[C@H](C)OC(=O)C(C)C)[C@](C)(O)C[C@@H](C)CN(C)[C@H](C)[C@@H](O)[C@]1(C)O. The molecule has 0 amide bonds. The summed E-state index contributed by atoms with van der Waals surface area (Å²) in [5.74, 6) is -4.77. The molecule has 0 spiro atoms. The van der Waals surface area contributed by atoms with Gasteiger partial charge in [0.05, 0.1) is 53.5 Å². The Morgan fingerprint density at radius 3 is 2.08 bits per heavy atom. The zero-order valence-corrected chi connectivity index (χ0v) is 40.5. The normalized spacial score (nSPS) is 43.9. The molecule has 0 bridgehead atoms. The minimum atomic E-state index is -1.85. The first kappa shape index (κ1) is 54.3. The fourth-order valence-electron chi connectivity index (χ4n) is 9.44. The van der Waals surface area contributed by atoms with E-state index in [-0.39, 0.29) is 25.2 Å². The predicted octanol–water partition coefficient (Wildman–Crippen LogP) is 3.04. The second kappa shape index (κ2) is 22.0. The van der Waals surface area contributed by atoms with E-state index in [1.165, 1.54) is 21.0 Å². The second-order valence-electron chi connectivity index (χ2n) is 19.8. The third-order valence-corrected chi connectivity index (χ3v) is 13.5. The van der Waals surface area contributed by atoms with Crippen LogP contribution >= 0.6 is 0 Å². The van der Waals surface area contributed by atoms with Crippen LogP contribution < -0.4 is 0 Å². The average Bonchev–Trinajstić information content (AvgIpc) is 3.18. The molecule has 3 aliphatic rings. The van der Waals surface area contributed by atoms with Crippen LogP contribution in [0.2, 0.25) is 0 Å². The highest BCUT2D eigenvalue weighted by molar-refractivity contribution is 5.80. The zero-order valence-electron chi connectivity index (χ0n) is 40.5. The number of hydrogen-bond donors (Lipinski definition) is 4. The van der Waals surface area contributed by atoms with E-state index in [0.717, 1.165) is 0 Å². The van der Waals surface area contributed by atoms with E-state index in [9.17, 15) is 34.8 Å². The fraction of sp³-hybridized carbons (Fsp3) is 0.933. The maximum atomic E-state index is 14.4. The monoisotopic (exact) mass is 891 g/mol. The van der Waals surface area contributed by atoms with Gasteiger partial charge in [-0.3, -0.25) is 9.59 Å². The summed E-state index contributed by atoms with van der Waals surface area (Å²) < 4.78 is 49.8. The molecule has 3 aliphatic heterocycles. The van der Waals surface area contributed by atoms with Crippen LogP contribution in [0.15, 0.2) is 0 Å². The Morgan fingerprint density at radius 2 is 1.53 bits per heavy atom. The van der Waals surface area contributed by atoms with Crippen molar-refractivity contribution in [2.75, 3.05) is 34.8 Å². The molecular formula is C45H82N2O15. The largest absolute Gasteiger partial charge is 0.459 e. The van der Waals surface area contributed by atoms with Gasteiger partial charge in [0, 0.05) is 32.0 Å². The molecule has 0 aromatic carbocycles. The molecular weight excluding hydrogens is 808 g/mol. The minimum Gasteiger partial charge on any atom is -0.459 e. The lowest BCUT2D eigenvalue weighted by Crippen LogP contribution is -2.61. The number of likely N-dealkylation sites (N-methyl/N-ethyl adjacent to an activating group) is 2. The quantitative estimate of drug-likeness (QED) is 0.173. The molecule has 17 nitrogen and oxygen atoms in total. The molecule has 0 aromatic heterocycles. The van der Waals surface area contributed by atoms with Crippen molar-refractivity contribution in [1.82, 2.24) is 9.80 Å². The lowest BCUT2D eigenvalue weighted by Gasteiger charge is -2.49. The summed E-state index contributed by atoms with van der Waals surface area (Å²) in [5.41, 5.74) is -4.62. The van der Waals surface area contributed by atoms with Crippen molar-refractivity contribution in [1.29, 1.82) is 0 Å². The number of cyclic esters (lactones) is 1. The van der Waals surface area contributed by atoms with Gasteiger partial charge in [0.2, 0.25) is 0 Å². The van der Waals surface area contributed by atoms with Crippen LogP contribution in [0.3, 0.4) is 0 Å². The molecule has 0 unspecified atom stereocenters. The summed E-state index contributed by atoms with van der Waals surface area (Å²) in [7, 11) is 6.99. The van der Waals surface area contributed by atoms with E-state index in [1.807, 2.05) is 44.8 Å². The Bertz CT molecular complexity index is 1460. The maximum absolute atomic E-state index is 14.4. The number of hydrogen-bond acceptors (Lipinski definition) is 17. The lowest BCUT2D eigenvalue weighted by atomic mass is 9.77. The first-order valence-corrected chi connectivity index (χ1v) is 22.5. The van der Waals surface area contributed by atoms with Gasteiger partial charge in [-0.15, -0.1) is 0 Å². The molecule has 3 saturated heterocycles. The molecule has 4 N–H and O–H groups in total. The molecule has 62 heavy (non-hydrogen) atoms. The Morgan fingerprint density at radius 1 is 0.919 bits per heavy atom. The smallest absolute Gasteiger partial charge is 0.347 e. The van der Waals surface area contributed by atoms with E-state index in [2.05, 4.69) is 0 Å². The number of aliphatic hydroxyl groups is 4.